The molecule has 0 heterocycles. The SMILES string of the molecule is CC(C)(C)CCOC(=O)[C@@H](N)Cc1ccc(O)cc1. The van der Waals surface area contributed by atoms with E-state index in [2.05, 4.69) is 20.8 Å². The van der Waals surface area contributed by atoms with Crippen molar-refractivity contribution in [1.29, 1.82) is 0 Å². The largest absolute Gasteiger partial charge is 0.508 e. The number of rotatable bonds is 5. The molecule has 0 saturated heterocycles. The van der Waals surface area contributed by atoms with Crippen LogP contribution in [-0.2, 0) is 16.0 Å². The molecule has 19 heavy (non-hydrogen) atoms. The van der Waals surface area contributed by atoms with Crippen molar-refractivity contribution in [2.45, 2.75) is 39.7 Å². The standard InChI is InChI=1S/C15H23NO3/c1-15(2,3)8-9-19-14(18)13(16)10-11-4-6-12(17)7-5-11/h4-7,13,17H,8-10,16H2,1-3H3/t13-/m0/s1. The van der Waals surface area contributed by atoms with Crippen molar-refractivity contribution in [3.63, 3.8) is 0 Å². The fraction of sp³-hybridized carbons (Fsp3) is 0.533. The molecular formula is C15H23NO3. The molecule has 0 aliphatic carbocycles. The van der Waals surface area contributed by atoms with Crippen molar-refractivity contribution in [2.75, 3.05) is 6.61 Å². The minimum Gasteiger partial charge on any atom is -0.508 e. The predicted molar refractivity (Wildman–Crippen MR) is 74.8 cm³/mol. The van der Waals surface area contributed by atoms with Gasteiger partial charge in [0.15, 0.2) is 0 Å². The monoisotopic (exact) mass is 265 g/mol. The average Bonchev–Trinajstić information content (AvgIpc) is 2.30. The van der Waals surface area contributed by atoms with Crippen molar-refractivity contribution < 1.29 is 14.6 Å². The minimum atomic E-state index is -0.662. The summed E-state index contributed by atoms with van der Waals surface area (Å²) in [5, 5.41) is 9.17. The Hall–Kier alpha value is -1.55. The van der Waals surface area contributed by atoms with Crippen LogP contribution in [0.4, 0.5) is 0 Å². The Balaban J connectivity index is 2.38. The highest BCUT2D eigenvalue weighted by atomic mass is 16.5. The van der Waals surface area contributed by atoms with Gasteiger partial charge in [-0.25, -0.2) is 0 Å². The first-order chi connectivity index (χ1) is 8.78. The molecule has 3 N–H and O–H groups in total. The second kappa shape index (κ2) is 6.57. The topological polar surface area (TPSA) is 72.5 Å². The molecule has 0 aromatic heterocycles. The molecule has 0 amide bonds. The summed E-state index contributed by atoms with van der Waals surface area (Å²) >= 11 is 0. The van der Waals surface area contributed by atoms with Crippen LogP contribution in [0.2, 0.25) is 0 Å². The second-order valence-electron chi connectivity index (χ2n) is 5.96. The van der Waals surface area contributed by atoms with Crippen LogP contribution in [0.25, 0.3) is 0 Å². The maximum absolute atomic E-state index is 11.7. The molecule has 1 aromatic rings. The van der Waals surface area contributed by atoms with Gasteiger partial charge in [-0.3, -0.25) is 4.79 Å². The summed E-state index contributed by atoms with van der Waals surface area (Å²) in [5.74, 6) is -0.178. The third-order valence-corrected chi connectivity index (χ3v) is 2.79. The van der Waals surface area contributed by atoms with Gasteiger partial charge in [0.2, 0.25) is 0 Å². The number of phenols is 1. The Kier molecular flexibility index (Phi) is 5.36. The van der Waals surface area contributed by atoms with E-state index in [1.165, 1.54) is 0 Å². The number of hydrogen-bond donors (Lipinski definition) is 2. The summed E-state index contributed by atoms with van der Waals surface area (Å²) in [6.45, 7) is 6.68. The maximum atomic E-state index is 11.7. The van der Waals surface area contributed by atoms with Crippen molar-refractivity contribution in [1.82, 2.24) is 0 Å². The predicted octanol–water partition coefficient (Wildman–Crippen LogP) is 2.24. The molecule has 1 atom stereocenters. The lowest BCUT2D eigenvalue weighted by molar-refractivity contribution is -0.145. The van der Waals surface area contributed by atoms with Gasteiger partial charge in [-0.05, 0) is 36.0 Å². The molecule has 0 unspecified atom stereocenters. The minimum absolute atomic E-state index is 0.140. The van der Waals surface area contributed by atoms with E-state index >= 15 is 0 Å². The first kappa shape index (κ1) is 15.5. The third kappa shape index (κ3) is 6.25. The number of hydrogen-bond acceptors (Lipinski definition) is 4. The number of ether oxygens (including phenoxy) is 1. The second-order valence-corrected chi connectivity index (χ2v) is 5.96. The highest BCUT2D eigenvalue weighted by molar-refractivity contribution is 5.75. The lowest BCUT2D eigenvalue weighted by atomic mass is 9.93. The summed E-state index contributed by atoms with van der Waals surface area (Å²) in [7, 11) is 0. The van der Waals surface area contributed by atoms with Gasteiger partial charge in [0, 0.05) is 0 Å². The molecule has 0 aliphatic heterocycles. The Morgan fingerprint density at radius 2 is 1.89 bits per heavy atom. The summed E-state index contributed by atoms with van der Waals surface area (Å²) in [5.41, 5.74) is 6.84. The lowest BCUT2D eigenvalue weighted by Crippen LogP contribution is -2.34. The Morgan fingerprint density at radius 3 is 2.42 bits per heavy atom. The fourth-order valence-electron chi connectivity index (χ4n) is 1.53. The van der Waals surface area contributed by atoms with Gasteiger partial charge in [0.05, 0.1) is 6.61 Å². The van der Waals surface area contributed by atoms with E-state index in [0.717, 1.165) is 12.0 Å². The zero-order chi connectivity index (χ0) is 14.5. The van der Waals surface area contributed by atoms with E-state index < -0.39 is 6.04 Å². The molecule has 106 valence electrons. The van der Waals surface area contributed by atoms with Crippen LogP contribution >= 0.6 is 0 Å². The van der Waals surface area contributed by atoms with Crippen LogP contribution in [0.5, 0.6) is 5.75 Å². The molecule has 4 nitrogen and oxygen atoms in total. The number of phenolic OH excluding ortho intramolecular Hbond substituents is 1. The molecule has 0 bridgehead atoms. The Labute approximate surface area is 114 Å². The van der Waals surface area contributed by atoms with Gasteiger partial charge in [-0.1, -0.05) is 32.9 Å². The Morgan fingerprint density at radius 1 is 1.32 bits per heavy atom. The number of aromatic hydroxyl groups is 1. The van der Waals surface area contributed by atoms with Crippen molar-refractivity contribution >= 4 is 5.97 Å². The van der Waals surface area contributed by atoms with E-state index in [-0.39, 0.29) is 17.1 Å². The van der Waals surface area contributed by atoms with Gasteiger partial charge < -0.3 is 15.6 Å². The van der Waals surface area contributed by atoms with Gasteiger partial charge in [0.1, 0.15) is 11.8 Å². The van der Waals surface area contributed by atoms with Crippen LogP contribution < -0.4 is 5.73 Å². The zero-order valence-corrected chi connectivity index (χ0v) is 11.8. The van der Waals surface area contributed by atoms with Gasteiger partial charge in [-0.15, -0.1) is 0 Å². The van der Waals surface area contributed by atoms with Crippen LogP contribution in [0.3, 0.4) is 0 Å². The quantitative estimate of drug-likeness (QED) is 0.801. The molecule has 0 spiro atoms. The first-order valence-corrected chi connectivity index (χ1v) is 6.48. The average molecular weight is 265 g/mol. The zero-order valence-electron chi connectivity index (χ0n) is 11.8. The van der Waals surface area contributed by atoms with Crippen LogP contribution in [-0.4, -0.2) is 23.7 Å². The molecule has 0 aliphatic rings. The molecule has 4 heteroatoms. The van der Waals surface area contributed by atoms with E-state index in [0.29, 0.717) is 13.0 Å². The van der Waals surface area contributed by atoms with E-state index in [4.69, 9.17) is 15.6 Å². The van der Waals surface area contributed by atoms with Gasteiger partial charge >= 0.3 is 5.97 Å². The fourth-order valence-corrected chi connectivity index (χ4v) is 1.53. The molecule has 0 fully saturated rings. The number of nitrogens with two attached hydrogens (primary N) is 1. The van der Waals surface area contributed by atoms with E-state index in [1.807, 2.05) is 0 Å². The molecule has 0 saturated carbocycles. The van der Waals surface area contributed by atoms with Crippen LogP contribution in [0, 0.1) is 5.41 Å². The number of benzene rings is 1. The molecule has 1 aromatic carbocycles. The van der Waals surface area contributed by atoms with Crippen LogP contribution in [0.15, 0.2) is 24.3 Å². The van der Waals surface area contributed by atoms with Crippen molar-refractivity contribution in [3.8, 4) is 5.75 Å². The van der Waals surface area contributed by atoms with Crippen molar-refractivity contribution in [3.05, 3.63) is 29.8 Å². The van der Waals surface area contributed by atoms with Gasteiger partial charge in [-0.2, -0.15) is 0 Å². The highest BCUT2D eigenvalue weighted by Gasteiger charge is 2.17. The van der Waals surface area contributed by atoms with Crippen molar-refractivity contribution in [2.24, 2.45) is 11.1 Å². The summed E-state index contributed by atoms with van der Waals surface area (Å²) in [6, 6.07) is 5.99. The normalized spacial score (nSPS) is 13.1. The first-order valence-electron chi connectivity index (χ1n) is 6.48. The molecular weight excluding hydrogens is 242 g/mol. The number of carbonyl (C=O) groups is 1. The smallest absolute Gasteiger partial charge is 0.323 e. The summed E-state index contributed by atoms with van der Waals surface area (Å²) in [4.78, 5) is 11.7. The summed E-state index contributed by atoms with van der Waals surface area (Å²) in [6.07, 6.45) is 1.22. The number of carbonyl (C=O) groups excluding carboxylic acids is 1. The maximum Gasteiger partial charge on any atom is 0.323 e. The Bertz CT molecular complexity index is 406. The third-order valence-electron chi connectivity index (χ3n) is 2.79. The number of esters is 1. The van der Waals surface area contributed by atoms with E-state index in [1.54, 1.807) is 24.3 Å². The summed E-state index contributed by atoms with van der Waals surface area (Å²) < 4.78 is 5.16. The van der Waals surface area contributed by atoms with Gasteiger partial charge in [0.25, 0.3) is 0 Å². The van der Waals surface area contributed by atoms with E-state index in [9.17, 15) is 4.79 Å². The molecule has 1 rings (SSSR count). The van der Waals surface area contributed by atoms with Crippen LogP contribution in [0.1, 0.15) is 32.8 Å². The molecule has 0 radical (unpaired) electrons. The highest BCUT2D eigenvalue weighted by Crippen LogP contribution is 2.18. The lowest BCUT2D eigenvalue weighted by Gasteiger charge is -2.18.